The van der Waals surface area contributed by atoms with Gasteiger partial charge in [0, 0.05) is 17.0 Å². The molecule has 0 atom stereocenters. The van der Waals surface area contributed by atoms with Gasteiger partial charge in [0.05, 0.1) is 21.2 Å². The Morgan fingerprint density at radius 2 is 1.76 bits per heavy atom. The summed E-state index contributed by atoms with van der Waals surface area (Å²) in [7, 11) is -3.88. The third-order valence-electron chi connectivity index (χ3n) is 4.54. The van der Waals surface area contributed by atoms with Gasteiger partial charge in [-0.2, -0.15) is 4.98 Å². The molecule has 0 N–H and O–H groups in total. The molecular weight excluding hydrogens is 455 g/mol. The van der Waals surface area contributed by atoms with Crippen molar-refractivity contribution in [1.29, 1.82) is 0 Å². The van der Waals surface area contributed by atoms with Crippen LogP contribution in [-0.2, 0) is 10.0 Å². The molecule has 1 aromatic carbocycles. The second kappa shape index (κ2) is 6.81. The average molecular weight is 467 g/mol. The zero-order valence-corrected chi connectivity index (χ0v) is 17.8. The summed E-state index contributed by atoms with van der Waals surface area (Å²) >= 11 is 7.62. The van der Waals surface area contributed by atoms with Gasteiger partial charge >= 0.3 is 1.43 Å². The third kappa shape index (κ3) is 2.84. The van der Waals surface area contributed by atoms with Gasteiger partial charge in [-0.15, -0.1) is 11.3 Å². The highest BCUT2D eigenvalue weighted by molar-refractivity contribution is 7.90. The molecule has 0 saturated carbocycles. The zero-order chi connectivity index (χ0) is 19.6. The SMILES string of the molecule is Cc1ccc(S(=O)(=O)n2ccc3c2nc(Cl)n2c(=O)c4cscc4nc32)cc1.[Cl-].[H+]. The predicted molar refractivity (Wildman–Crippen MR) is 110 cm³/mol. The van der Waals surface area contributed by atoms with Crippen LogP contribution in [0.5, 0.6) is 0 Å². The molecule has 0 spiro atoms. The van der Waals surface area contributed by atoms with E-state index < -0.39 is 10.0 Å². The Bertz CT molecular complexity index is 1570. The lowest BCUT2D eigenvalue weighted by molar-refractivity contribution is -0.00000813. The van der Waals surface area contributed by atoms with Crippen LogP contribution in [-0.4, -0.2) is 26.8 Å². The van der Waals surface area contributed by atoms with Gasteiger partial charge in [-0.25, -0.2) is 21.8 Å². The first kappa shape index (κ1) is 19.8. The van der Waals surface area contributed by atoms with E-state index in [9.17, 15) is 13.2 Å². The van der Waals surface area contributed by atoms with Gasteiger partial charge in [-0.05, 0) is 36.7 Å². The van der Waals surface area contributed by atoms with Gasteiger partial charge in [-0.3, -0.25) is 4.79 Å². The van der Waals surface area contributed by atoms with Gasteiger partial charge in [0.25, 0.3) is 15.6 Å². The van der Waals surface area contributed by atoms with E-state index in [1.807, 2.05) is 6.92 Å². The largest absolute Gasteiger partial charge is 1.00 e. The molecular formula is C18H12Cl2N4O3S2. The molecule has 0 radical (unpaired) electrons. The minimum atomic E-state index is -3.88. The van der Waals surface area contributed by atoms with Crippen molar-refractivity contribution in [3.63, 3.8) is 0 Å². The molecule has 0 unspecified atom stereocenters. The molecule has 0 aliphatic heterocycles. The first-order valence-electron chi connectivity index (χ1n) is 8.15. The number of nitrogens with zero attached hydrogens (tertiary/aromatic N) is 4. The second-order valence-electron chi connectivity index (χ2n) is 6.29. The van der Waals surface area contributed by atoms with E-state index in [4.69, 9.17) is 11.6 Å². The summed E-state index contributed by atoms with van der Waals surface area (Å²) in [6.45, 7) is 1.88. The lowest BCUT2D eigenvalue weighted by Crippen LogP contribution is -3.00. The second-order valence-corrected chi connectivity index (χ2v) is 9.19. The molecule has 4 aromatic heterocycles. The predicted octanol–water partition coefficient (Wildman–Crippen LogP) is 0.574. The topological polar surface area (TPSA) is 86.3 Å². The van der Waals surface area contributed by atoms with Gasteiger partial charge in [-0.1, -0.05) is 17.7 Å². The van der Waals surface area contributed by atoms with E-state index in [0.717, 1.165) is 9.54 Å². The summed E-state index contributed by atoms with van der Waals surface area (Å²) in [6.07, 6.45) is 1.40. The van der Waals surface area contributed by atoms with E-state index in [-0.39, 0.29) is 40.9 Å². The first-order valence-corrected chi connectivity index (χ1v) is 10.9. The fourth-order valence-electron chi connectivity index (χ4n) is 3.11. The molecule has 11 heteroatoms. The number of benzene rings is 1. The number of hydrogen-bond acceptors (Lipinski definition) is 6. The summed E-state index contributed by atoms with van der Waals surface area (Å²) < 4.78 is 28.5. The van der Waals surface area contributed by atoms with Crippen LogP contribution in [0.1, 0.15) is 6.99 Å². The summed E-state index contributed by atoms with van der Waals surface area (Å²) in [4.78, 5) is 21.6. The van der Waals surface area contributed by atoms with Crippen molar-refractivity contribution in [3.05, 3.63) is 68.5 Å². The highest BCUT2D eigenvalue weighted by Crippen LogP contribution is 2.26. The lowest BCUT2D eigenvalue weighted by atomic mass is 10.2. The fraction of sp³-hybridized carbons (Fsp3) is 0.0556. The minimum Gasteiger partial charge on any atom is -1.00 e. The number of aromatic nitrogens is 4. The molecule has 29 heavy (non-hydrogen) atoms. The average Bonchev–Trinajstić information content (AvgIpc) is 3.29. The normalized spacial score (nSPS) is 11.9. The number of rotatable bonds is 2. The Balaban J connectivity index is 0.00000128. The number of hydrogen-bond donors (Lipinski definition) is 0. The fourth-order valence-corrected chi connectivity index (χ4v) is 5.38. The highest BCUT2D eigenvalue weighted by atomic mass is 35.5. The van der Waals surface area contributed by atoms with Crippen molar-refractivity contribution < 1.29 is 22.3 Å². The Labute approximate surface area is 181 Å². The monoisotopic (exact) mass is 466 g/mol. The van der Waals surface area contributed by atoms with Gasteiger partial charge in [0.15, 0.2) is 11.3 Å². The number of aryl methyl sites for hydroxylation is 1. The van der Waals surface area contributed by atoms with Crippen molar-refractivity contribution >= 4 is 60.5 Å². The zero-order valence-electron chi connectivity index (χ0n) is 15.7. The number of halogens is 2. The van der Waals surface area contributed by atoms with Crippen LogP contribution in [0.3, 0.4) is 0 Å². The van der Waals surface area contributed by atoms with Crippen molar-refractivity contribution in [3.8, 4) is 0 Å². The summed E-state index contributed by atoms with van der Waals surface area (Å²) in [5, 5.41) is 4.18. The standard InChI is InChI=1S/C18H11ClN4O3S2.ClH/c1-10-2-4-11(5-3-10)28(25,26)22-7-6-12-15(22)21-18(19)23-16(12)20-14-9-27-8-13(14)17(23)24;/h2-9H,1H3;1H. The van der Waals surface area contributed by atoms with Gasteiger partial charge in [0.1, 0.15) is 0 Å². The number of thiophene rings is 1. The van der Waals surface area contributed by atoms with Crippen LogP contribution >= 0.6 is 22.9 Å². The molecule has 5 rings (SSSR count). The highest BCUT2D eigenvalue weighted by Gasteiger charge is 2.23. The Morgan fingerprint density at radius 3 is 2.48 bits per heavy atom. The van der Waals surface area contributed by atoms with E-state index in [2.05, 4.69) is 9.97 Å². The summed E-state index contributed by atoms with van der Waals surface area (Å²) in [5.74, 6) is 0. The quantitative estimate of drug-likeness (QED) is 0.355. The Kier molecular flexibility index (Phi) is 4.66. The van der Waals surface area contributed by atoms with Crippen LogP contribution in [0.4, 0.5) is 0 Å². The Hall–Kier alpha value is -2.46. The third-order valence-corrected chi connectivity index (χ3v) is 7.21. The summed E-state index contributed by atoms with van der Waals surface area (Å²) in [6, 6.07) is 8.10. The minimum absolute atomic E-state index is 0. The molecule has 7 nitrogen and oxygen atoms in total. The molecule has 0 amide bonds. The molecule has 0 aliphatic carbocycles. The van der Waals surface area contributed by atoms with Crippen LogP contribution in [0.25, 0.3) is 27.6 Å². The molecule has 0 saturated heterocycles. The van der Waals surface area contributed by atoms with Crippen molar-refractivity contribution in [1.82, 2.24) is 18.3 Å². The summed E-state index contributed by atoms with van der Waals surface area (Å²) in [5.41, 5.74) is 1.53. The van der Waals surface area contributed by atoms with Crippen molar-refractivity contribution in [2.75, 3.05) is 0 Å². The van der Waals surface area contributed by atoms with Crippen LogP contribution < -0.4 is 18.0 Å². The van der Waals surface area contributed by atoms with E-state index in [1.165, 1.54) is 34.1 Å². The molecule has 5 aromatic rings. The van der Waals surface area contributed by atoms with Crippen LogP contribution in [0.2, 0.25) is 5.28 Å². The molecule has 0 bridgehead atoms. The van der Waals surface area contributed by atoms with Crippen LogP contribution in [0.15, 0.2) is 57.0 Å². The number of fused-ring (bicyclic) bond motifs is 4. The van der Waals surface area contributed by atoms with Crippen molar-refractivity contribution in [2.24, 2.45) is 0 Å². The smallest absolute Gasteiger partial charge is 1.00 e. The van der Waals surface area contributed by atoms with E-state index >= 15 is 0 Å². The van der Waals surface area contributed by atoms with Crippen LogP contribution in [0, 0.1) is 6.92 Å². The Morgan fingerprint density at radius 1 is 1.03 bits per heavy atom. The maximum Gasteiger partial charge on any atom is 1.00 e. The van der Waals surface area contributed by atoms with E-state index in [1.54, 1.807) is 29.0 Å². The molecule has 0 aliphatic rings. The maximum atomic E-state index is 13.1. The maximum absolute atomic E-state index is 13.1. The van der Waals surface area contributed by atoms with Crippen molar-refractivity contribution in [2.45, 2.75) is 11.8 Å². The van der Waals surface area contributed by atoms with E-state index in [0.29, 0.717) is 16.3 Å². The van der Waals surface area contributed by atoms with Gasteiger partial charge in [0.2, 0.25) is 5.28 Å². The first-order chi connectivity index (χ1) is 13.4. The lowest BCUT2D eigenvalue weighted by Gasteiger charge is -2.09. The molecule has 0 fully saturated rings. The molecule has 4 heterocycles. The molecule has 148 valence electrons. The van der Waals surface area contributed by atoms with Gasteiger partial charge < -0.3 is 12.4 Å².